The Kier molecular flexibility index (Phi) is 4.47. The molecule has 0 bridgehead atoms. The molecule has 0 fully saturated rings. The van der Waals surface area contributed by atoms with Crippen molar-refractivity contribution in [2.24, 2.45) is 0 Å². The third kappa shape index (κ3) is 3.65. The fraction of sp³-hybridized carbons (Fsp3) is 0.222. The Bertz CT molecular complexity index is 934. The van der Waals surface area contributed by atoms with Crippen LogP contribution in [-0.4, -0.2) is 20.1 Å². The predicted molar refractivity (Wildman–Crippen MR) is 93.5 cm³/mol. The van der Waals surface area contributed by atoms with Gasteiger partial charge in [-0.15, -0.1) is 0 Å². The maximum absolute atomic E-state index is 10.9. The minimum Gasteiger partial charge on any atom is -0.485 e. The fourth-order valence-electron chi connectivity index (χ4n) is 2.50. The lowest BCUT2D eigenvalue weighted by Crippen LogP contribution is -1.99. The number of H-pyrrole nitrogens is 1. The number of nitro benzene ring substituents is 1. The van der Waals surface area contributed by atoms with Gasteiger partial charge >= 0.3 is 0 Å². The molecule has 0 amide bonds. The van der Waals surface area contributed by atoms with Crippen LogP contribution in [0, 0.1) is 30.9 Å². The standard InChI is InChI=1S/C18H18N4O3/c1-11-4-5-12(2)16(8-11)25-10-17-19-18(21-20-17)14-6-7-15(22(23)24)13(3)9-14/h4-9H,10H2,1-3H3,(H,19,20,21). The minimum atomic E-state index is -0.402. The number of nitrogens with one attached hydrogen (secondary N) is 1. The van der Waals surface area contributed by atoms with E-state index in [1.165, 1.54) is 6.07 Å². The molecule has 0 saturated carbocycles. The Labute approximate surface area is 144 Å². The quantitative estimate of drug-likeness (QED) is 0.563. The van der Waals surface area contributed by atoms with Crippen molar-refractivity contribution in [3.05, 3.63) is 69.0 Å². The van der Waals surface area contributed by atoms with Crippen LogP contribution in [0.15, 0.2) is 36.4 Å². The Morgan fingerprint density at radius 3 is 2.64 bits per heavy atom. The zero-order valence-corrected chi connectivity index (χ0v) is 14.2. The molecule has 7 heteroatoms. The van der Waals surface area contributed by atoms with E-state index < -0.39 is 4.92 Å². The Hall–Kier alpha value is -3.22. The van der Waals surface area contributed by atoms with Crippen molar-refractivity contribution in [1.82, 2.24) is 15.2 Å². The summed E-state index contributed by atoms with van der Waals surface area (Å²) in [5.74, 6) is 1.88. The number of hydrogen-bond donors (Lipinski definition) is 1. The lowest BCUT2D eigenvalue weighted by Gasteiger charge is -2.08. The number of nitrogens with zero attached hydrogens (tertiary/aromatic N) is 3. The van der Waals surface area contributed by atoms with Gasteiger partial charge in [-0.25, -0.2) is 4.98 Å². The summed E-state index contributed by atoms with van der Waals surface area (Å²) >= 11 is 0. The molecule has 7 nitrogen and oxygen atoms in total. The maximum Gasteiger partial charge on any atom is 0.272 e. The zero-order valence-electron chi connectivity index (χ0n) is 14.2. The van der Waals surface area contributed by atoms with Crippen molar-refractivity contribution in [2.75, 3.05) is 0 Å². The van der Waals surface area contributed by atoms with E-state index in [0.717, 1.165) is 22.4 Å². The van der Waals surface area contributed by atoms with Crippen LogP contribution >= 0.6 is 0 Å². The highest BCUT2D eigenvalue weighted by atomic mass is 16.6. The van der Waals surface area contributed by atoms with Gasteiger partial charge in [0.25, 0.3) is 5.69 Å². The molecule has 0 aliphatic carbocycles. The summed E-state index contributed by atoms with van der Waals surface area (Å²) in [6.07, 6.45) is 0. The summed E-state index contributed by atoms with van der Waals surface area (Å²) in [6, 6.07) is 10.8. The van der Waals surface area contributed by atoms with Crippen LogP contribution in [0.3, 0.4) is 0 Å². The van der Waals surface area contributed by atoms with Crippen molar-refractivity contribution < 1.29 is 9.66 Å². The van der Waals surface area contributed by atoms with Gasteiger partial charge in [-0.2, -0.15) is 5.10 Å². The van der Waals surface area contributed by atoms with Crippen molar-refractivity contribution in [3.8, 4) is 17.1 Å². The summed E-state index contributed by atoms with van der Waals surface area (Å²) < 4.78 is 5.80. The summed E-state index contributed by atoms with van der Waals surface area (Å²) in [7, 11) is 0. The van der Waals surface area contributed by atoms with Gasteiger partial charge < -0.3 is 4.74 Å². The van der Waals surface area contributed by atoms with Crippen LogP contribution in [0.5, 0.6) is 5.75 Å². The molecule has 3 aromatic rings. The van der Waals surface area contributed by atoms with Crippen LogP contribution in [0.2, 0.25) is 0 Å². The number of aromatic nitrogens is 3. The molecule has 1 aromatic heterocycles. The predicted octanol–water partition coefficient (Wildman–Crippen LogP) is 3.88. The second-order valence-electron chi connectivity index (χ2n) is 5.92. The lowest BCUT2D eigenvalue weighted by atomic mass is 10.1. The van der Waals surface area contributed by atoms with E-state index in [1.54, 1.807) is 19.1 Å². The molecule has 2 aromatic carbocycles. The Balaban J connectivity index is 1.75. The molecule has 1 N–H and O–H groups in total. The highest BCUT2D eigenvalue weighted by Gasteiger charge is 2.13. The third-order valence-corrected chi connectivity index (χ3v) is 3.89. The molecule has 0 saturated heterocycles. The number of benzene rings is 2. The van der Waals surface area contributed by atoms with Crippen LogP contribution in [-0.2, 0) is 6.61 Å². The van der Waals surface area contributed by atoms with Gasteiger partial charge in [-0.05, 0) is 50.1 Å². The van der Waals surface area contributed by atoms with E-state index in [9.17, 15) is 10.1 Å². The molecule has 0 spiro atoms. The molecule has 128 valence electrons. The Morgan fingerprint density at radius 1 is 1.12 bits per heavy atom. The molecule has 0 unspecified atom stereocenters. The number of nitro groups is 1. The van der Waals surface area contributed by atoms with Gasteiger partial charge in [0.05, 0.1) is 4.92 Å². The zero-order chi connectivity index (χ0) is 18.0. The normalized spacial score (nSPS) is 10.7. The molecule has 3 rings (SSSR count). The van der Waals surface area contributed by atoms with Crippen molar-refractivity contribution in [3.63, 3.8) is 0 Å². The van der Waals surface area contributed by atoms with E-state index in [4.69, 9.17) is 4.74 Å². The molecule has 0 radical (unpaired) electrons. The van der Waals surface area contributed by atoms with E-state index >= 15 is 0 Å². The summed E-state index contributed by atoms with van der Waals surface area (Å²) in [5, 5.41) is 17.9. The van der Waals surface area contributed by atoms with Crippen LogP contribution in [0.4, 0.5) is 5.69 Å². The van der Waals surface area contributed by atoms with Gasteiger partial charge in [0.15, 0.2) is 11.6 Å². The molecular weight excluding hydrogens is 320 g/mol. The average molecular weight is 338 g/mol. The summed E-state index contributed by atoms with van der Waals surface area (Å²) in [4.78, 5) is 14.9. The summed E-state index contributed by atoms with van der Waals surface area (Å²) in [5.41, 5.74) is 3.55. The largest absolute Gasteiger partial charge is 0.485 e. The molecule has 0 atom stereocenters. The second kappa shape index (κ2) is 6.72. The highest BCUT2D eigenvalue weighted by Crippen LogP contribution is 2.24. The lowest BCUT2D eigenvalue weighted by molar-refractivity contribution is -0.385. The average Bonchev–Trinajstić information content (AvgIpc) is 3.04. The minimum absolute atomic E-state index is 0.0813. The van der Waals surface area contributed by atoms with E-state index in [1.807, 2.05) is 32.0 Å². The van der Waals surface area contributed by atoms with E-state index in [2.05, 4.69) is 15.2 Å². The molecule has 1 heterocycles. The molecule has 25 heavy (non-hydrogen) atoms. The summed E-state index contributed by atoms with van der Waals surface area (Å²) in [6.45, 7) is 5.96. The monoisotopic (exact) mass is 338 g/mol. The first kappa shape index (κ1) is 16.6. The highest BCUT2D eigenvalue weighted by molar-refractivity contribution is 5.59. The van der Waals surface area contributed by atoms with Crippen LogP contribution in [0.1, 0.15) is 22.5 Å². The first-order valence-electron chi connectivity index (χ1n) is 7.81. The first-order chi connectivity index (χ1) is 11.9. The number of hydrogen-bond acceptors (Lipinski definition) is 5. The van der Waals surface area contributed by atoms with Crippen LogP contribution in [0.25, 0.3) is 11.4 Å². The van der Waals surface area contributed by atoms with Gasteiger partial charge in [0.2, 0.25) is 0 Å². The molecule has 0 aliphatic rings. The first-order valence-corrected chi connectivity index (χ1v) is 7.81. The van der Waals surface area contributed by atoms with Crippen LogP contribution < -0.4 is 4.74 Å². The van der Waals surface area contributed by atoms with E-state index in [-0.39, 0.29) is 12.3 Å². The SMILES string of the molecule is Cc1ccc(C)c(OCc2nc(-c3ccc([N+](=O)[O-])c(C)c3)n[nH]2)c1. The maximum atomic E-state index is 10.9. The molecular formula is C18H18N4O3. The second-order valence-corrected chi connectivity index (χ2v) is 5.92. The number of ether oxygens (including phenoxy) is 1. The van der Waals surface area contributed by atoms with Gasteiger partial charge in [-0.3, -0.25) is 15.2 Å². The Morgan fingerprint density at radius 2 is 1.92 bits per heavy atom. The fourth-order valence-corrected chi connectivity index (χ4v) is 2.50. The number of rotatable bonds is 5. The number of aryl methyl sites for hydroxylation is 3. The van der Waals surface area contributed by atoms with E-state index in [0.29, 0.717) is 17.2 Å². The topological polar surface area (TPSA) is 93.9 Å². The third-order valence-electron chi connectivity index (χ3n) is 3.89. The molecule has 0 aliphatic heterocycles. The van der Waals surface area contributed by atoms with Gasteiger partial charge in [-0.1, -0.05) is 12.1 Å². The van der Waals surface area contributed by atoms with Crippen molar-refractivity contribution in [1.29, 1.82) is 0 Å². The number of aromatic amines is 1. The van der Waals surface area contributed by atoms with Crippen molar-refractivity contribution in [2.45, 2.75) is 27.4 Å². The van der Waals surface area contributed by atoms with Crippen molar-refractivity contribution >= 4 is 5.69 Å². The smallest absolute Gasteiger partial charge is 0.272 e. The van der Waals surface area contributed by atoms with Gasteiger partial charge in [0.1, 0.15) is 12.4 Å². The van der Waals surface area contributed by atoms with Gasteiger partial charge in [0, 0.05) is 17.2 Å².